The first-order valence-corrected chi connectivity index (χ1v) is 13.1. The molecule has 186 valence electrons. The molecule has 0 radical (unpaired) electrons. The van der Waals surface area contributed by atoms with Crippen LogP contribution in [0.25, 0.3) is 0 Å². The number of hydrogen-bond acceptors (Lipinski definition) is 5. The van der Waals surface area contributed by atoms with E-state index in [2.05, 4.69) is 5.32 Å². The third kappa shape index (κ3) is 7.92. The number of nitrogens with one attached hydrogen (secondary N) is 1. The maximum absolute atomic E-state index is 13.5. The van der Waals surface area contributed by atoms with Crippen molar-refractivity contribution < 1.29 is 22.7 Å². The first-order valence-electron chi connectivity index (χ1n) is 10.9. The van der Waals surface area contributed by atoms with Crippen molar-refractivity contribution in [3.63, 3.8) is 0 Å². The molecule has 0 saturated heterocycles. The van der Waals surface area contributed by atoms with Crippen molar-refractivity contribution in [1.29, 1.82) is 0 Å². The Hall–Kier alpha value is -2.78. The van der Waals surface area contributed by atoms with Crippen LogP contribution in [0.1, 0.15) is 26.3 Å². The fourth-order valence-corrected chi connectivity index (χ4v) is 4.30. The van der Waals surface area contributed by atoms with Crippen LogP contribution in [0.15, 0.2) is 48.5 Å². The van der Waals surface area contributed by atoms with Crippen LogP contribution < -0.4 is 14.4 Å². The summed E-state index contributed by atoms with van der Waals surface area (Å²) in [6.45, 7) is 5.63. The van der Waals surface area contributed by atoms with Crippen LogP contribution >= 0.6 is 11.6 Å². The van der Waals surface area contributed by atoms with E-state index in [-0.39, 0.29) is 24.1 Å². The number of hydrogen-bond donors (Lipinski definition) is 1. The van der Waals surface area contributed by atoms with Crippen molar-refractivity contribution in [2.24, 2.45) is 5.92 Å². The molecular weight excluding hydrogens is 478 g/mol. The smallest absolute Gasteiger partial charge is 0.244 e. The first-order chi connectivity index (χ1) is 15.9. The molecular formula is C24H32ClN3O5S. The zero-order chi connectivity index (χ0) is 25.5. The topological polar surface area (TPSA) is 96.0 Å². The normalized spacial score (nSPS) is 12.2. The Bertz CT molecular complexity index is 1110. The number of carbonyl (C=O) groups excluding carboxylic acids is 2. The highest BCUT2D eigenvalue weighted by molar-refractivity contribution is 7.92. The zero-order valence-electron chi connectivity index (χ0n) is 20.1. The van der Waals surface area contributed by atoms with Gasteiger partial charge < -0.3 is 15.0 Å². The first kappa shape index (κ1) is 27.5. The number of rotatable bonds is 11. The minimum absolute atomic E-state index is 0.0887. The Kier molecular flexibility index (Phi) is 9.76. The molecule has 0 aromatic heterocycles. The molecule has 2 aromatic carbocycles. The molecule has 0 bridgehead atoms. The maximum Gasteiger partial charge on any atom is 0.244 e. The molecule has 0 spiro atoms. The Labute approximate surface area is 206 Å². The number of nitrogens with zero attached hydrogens (tertiary/aromatic N) is 2. The zero-order valence-corrected chi connectivity index (χ0v) is 21.7. The molecule has 0 aliphatic carbocycles. The number of halogens is 1. The molecule has 2 aromatic rings. The number of benzene rings is 2. The predicted octanol–water partition coefficient (Wildman–Crippen LogP) is 3.30. The number of carbonyl (C=O) groups is 2. The second-order valence-corrected chi connectivity index (χ2v) is 10.8. The standard InChI is InChI=1S/C24H32ClN3O5S/c1-17(2)14-26-24(30)18(3)27(15-19-8-6-9-20(25)12-19)23(29)16-28(34(5,31)32)21-10-7-11-22(13-21)33-4/h6-13,17-18H,14-16H2,1-5H3,(H,26,30). The van der Waals surface area contributed by atoms with Gasteiger partial charge in [0, 0.05) is 24.2 Å². The molecule has 1 unspecified atom stereocenters. The van der Waals surface area contributed by atoms with Crippen LogP contribution in [-0.2, 0) is 26.2 Å². The quantitative estimate of drug-likeness (QED) is 0.501. The van der Waals surface area contributed by atoms with Gasteiger partial charge in [0.1, 0.15) is 18.3 Å². The lowest BCUT2D eigenvalue weighted by Gasteiger charge is -2.31. The van der Waals surface area contributed by atoms with E-state index in [0.29, 0.717) is 17.3 Å². The Morgan fingerprint density at radius 3 is 2.35 bits per heavy atom. The highest BCUT2D eigenvalue weighted by Gasteiger charge is 2.30. The molecule has 0 heterocycles. The van der Waals surface area contributed by atoms with Gasteiger partial charge in [-0.2, -0.15) is 0 Å². The molecule has 34 heavy (non-hydrogen) atoms. The lowest BCUT2D eigenvalue weighted by Crippen LogP contribution is -2.51. The molecule has 0 fully saturated rings. The number of ether oxygens (including phenoxy) is 1. The second kappa shape index (κ2) is 12.1. The van der Waals surface area contributed by atoms with Crippen LogP contribution in [0.5, 0.6) is 5.75 Å². The molecule has 0 saturated carbocycles. The van der Waals surface area contributed by atoms with E-state index in [9.17, 15) is 18.0 Å². The van der Waals surface area contributed by atoms with Gasteiger partial charge in [-0.1, -0.05) is 43.6 Å². The van der Waals surface area contributed by atoms with Gasteiger partial charge >= 0.3 is 0 Å². The van der Waals surface area contributed by atoms with Gasteiger partial charge in [-0.3, -0.25) is 13.9 Å². The highest BCUT2D eigenvalue weighted by Crippen LogP contribution is 2.24. The summed E-state index contributed by atoms with van der Waals surface area (Å²) in [5, 5.41) is 3.33. The lowest BCUT2D eigenvalue weighted by atomic mass is 10.1. The van der Waals surface area contributed by atoms with Crippen molar-refractivity contribution in [3.05, 3.63) is 59.1 Å². The minimum Gasteiger partial charge on any atom is -0.497 e. The van der Waals surface area contributed by atoms with Crippen LogP contribution in [-0.4, -0.2) is 57.6 Å². The largest absolute Gasteiger partial charge is 0.497 e. The van der Waals surface area contributed by atoms with Crippen molar-refractivity contribution in [3.8, 4) is 5.75 Å². The van der Waals surface area contributed by atoms with Crippen LogP contribution in [0.3, 0.4) is 0 Å². The summed E-state index contributed by atoms with van der Waals surface area (Å²) in [6.07, 6.45) is 1.03. The van der Waals surface area contributed by atoms with Crippen LogP contribution in [0.2, 0.25) is 5.02 Å². The average molecular weight is 510 g/mol. The SMILES string of the molecule is COc1cccc(N(CC(=O)N(Cc2cccc(Cl)c2)C(C)C(=O)NCC(C)C)S(C)(=O)=O)c1. The molecule has 8 nitrogen and oxygen atoms in total. The molecule has 0 aliphatic rings. The molecule has 2 rings (SSSR count). The molecule has 1 N–H and O–H groups in total. The summed E-state index contributed by atoms with van der Waals surface area (Å²) in [7, 11) is -2.34. The number of sulfonamides is 1. The lowest BCUT2D eigenvalue weighted by molar-refractivity contribution is -0.139. The van der Waals surface area contributed by atoms with Crippen molar-refractivity contribution in [2.75, 3.05) is 30.8 Å². The predicted molar refractivity (Wildman–Crippen MR) is 134 cm³/mol. The summed E-state index contributed by atoms with van der Waals surface area (Å²) < 4.78 is 31.4. The van der Waals surface area contributed by atoms with Gasteiger partial charge in [-0.25, -0.2) is 8.42 Å². The van der Waals surface area contributed by atoms with Crippen LogP contribution in [0, 0.1) is 5.92 Å². The highest BCUT2D eigenvalue weighted by atomic mass is 35.5. The number of amides is 2. The van der Waals surface area contributed by atoms with Gasteiger partial charge in [0.25, 0.3) is 0 Å². The third-order valence-corrected chi connectivity index (χ3v) is 6.49. The van der Waals surface area contributed by atoms with E-state index < -0.39 is 28.5 Å². The summed E-state index contributed by atoms with van der Waals surface area (Å²) in [6, 6.07) is 12.6. The van der Waals surface area contributed by atoms with E-state index in [1.165, 1.54) is 18.1 Å². The van der Waals surface area contributed by atoms with Gasteiger partial charge in [-0.05, 0) is 42.7 Å². The van der Waals surface area contributed by atoms with Gasteiger partial charge in [0.2, 0.25) is 21.8 Å². The van der Waals surface area contributed by atoms with Gasteiger partial charge in [0.05, 0.1) is 19.1 Å². The fraction of sp³-hybridized carbons (Fsp3) is 0.417. The van der Waals surface area contributed by atoms with Crippen molar-refractivity contribution in [1.82, 2.24) is 10.2 Å². The summed E-state index contributed by atoms with van der Waals surface area (Å²) in [5.41, 5.74) is 1.01. The van der Waals surface area contributed by atoms with Crippen molar-refractivity contribution >= 4 is 39.1 Å². The van der Waals surface area contributed by atoms with E-state index in [4.69, 9.17) is 16.3 Å². The van der Waals surface area contributed by atoms with E-state index in [1.54, 1.807) is 49.4 Å². The number of methoxy groups -OCH3 is 1. The molecule has 10 heteroatoms. The molecule has 1 atom stereocenters. The summed E-state index contributed by atoms with van der Waals surface area (Å²) in [5.74, 6) is -0.158. The van der Waals surface area contributed by atoms with E-state index in [0.717, 1.165) is 16.1 Å². The minimum atomic E-state index is -3.81. The Morgan fingerprint density at radius 2 is 1.76 bits per heavy atom. The average Bonchev–Trinajstić information content (AvgIpc) is 2.78. The number of anilines is 1. The van der Waals surface area contributed by atoms with Crippen LogP contribution in [0.4, 0.5) is 5.69 Å². The van der Waals surface area contributed by atoms with E-state index >= 15 is 0 Å². The maximum atomic E-state index is 13.5. The second-order valence-electron chi connectivity index (χ2n) is 8.44. The Balaban J connectivity index is 2.38. The van der Waals surface area contributed by atoms with E-state index in [1.807, 2.05) is 13.8 Å². The van der Waals surface area contributed by atoms with Crippen molar-refractivity contribution in [2.45, 2.75) is 33.4 Å². The summed E-state index contributed by atoms with van der Waals surface area (Å²) in [4.78, 5) is 27.6. The monoisotopic (exact) mass is 509 g/mol. The Morgan fingerprint density at radius 1 is 1.09 bits per heavy atom. The molecule has 0 aliphatic heterocycles. The third-order valence-electron chi connectivity index (χ3n) is 5.11. The van der Waals surface area contributed by atoms with Gasteiger partial charge in [0.15, 0.2) is 0 Å². The molecule has 2 amide bonds. The fourth-order valence-electron chi connectivity index (χ4n) is 3.25. The summed E-state index contributed by atoms with van der Waals surface area (Å²) >= 11 is 6.11. The van der Waals surface area contributed by atoms with Gasteiger partial charge in [-0.15, -0.1) is 0 Å².